The number of hydrogen-bond donors (Lipinski definition) is 1. The Kier molecular flexibility index (Phi) is 7.14. The van der Waals surface area contributed by atoms with Gasteiger partial charge in [-0.1, -0.05) is 12.1 Å². The van der Waals surface area contributed by atoms with E-state index in [4.69, 9.17) is 9.47 Å². The predicted octanol–water partition coefficient (Wildman–Crippen LogP) is 2.89. The fourth-order valence-corrected chi connectivity index (χ4v) is 2.35. The Morgan fingerprint density at radius 2 is 1.64 bits per heavy atom. The molecule has 0 saturated carbocycles. The lowest BCUT2D eigenvalue weighted by Gasteiger charge is -2.12. The zero-order valence-corrected chi connectivity index (χ0v) is 15.1. The Morgan fingerprint density at radius 1 is 1.00 bits per heavy atom. The molecular formula is C20H26N2O3. The zero-order valence-electron chi connectivity index (χ0n) is 15.1. The van der Waals surface area contributed by atoms with E-state index in [2.05, 4.69) is 34.5 Å². The second-order valence-corrected chi connectivity index (χ2v) is 5.98. The van der Waals surface area contributed by atoms with Crippen molar-refractivity contribution in [2.45, 2.75) is 12.8 Å². The summed E-state index contributed by atoms with van der Waals surface area (Å²) in [5, 5.41) is 2.88. The van der Waals surface area contributed by atoms with Gasteiger partial charge in [-0.2, -0.15) is 0 Å². The number of carbonyl (C=O) groups is 1. The molecule has 0 atom stereocenters. The Labute approximate surface area is 149 Å². The van der Waals surface area contributed by atoms with Gasteiger partial charge in [-0.3, -0.25) is 4.79 Å². The first-order chi connectivity index (χ1) is 12.1. The van der Waals surface area contributed by atoms with E-state index in [1.54, 1.807) is 31.4 Å². The fourth-order valence-electron chi connectivity index (χ4n) is 2.35. The molecule has 0 spiro atoms. The summed E-state index contributed by atoms with van der Waals surface area (Å²) < 4.78 is 10.5. The van der Waals surface area contributed by atoms with Crippen LogP contribution < -0.4 is 19.7 Å². The summed E-state index contributed by atoms with van der Waals surface area (Å²) in [6.07, 6.45) is 1.84. The van der Waals surface area contributed by atoms with E-state index in [9.17, 15) is 4.79 Å². The van der Waals surface area contributed by atoms with Crippen LogP contribution in [0.5, 0.6) is 11.5 Å². The maximum atomic E-state index is 11.8. The summed E-state index contributed by atoms with van der Waals surface area (Å²) in [6.45, 7) is 0.657. The van der Waals surface area contributed by atoms with Gasteiger partial charge in [0, 0.05) is 26.3 Å². The van der Waals surface area contributed by atoms with Gasteiger partial charge < -0.3 is 19.7 Å². The van der Waals surface area contributed by atoms with Gasteiger partial charge in [-0.15, -0.1) is 0 Å². The third-order valence-electron chi connectivity index (χ3n) is 3.85. The van der Waals surface area contributed by atoms with Gasteiger partial charge in [0.2, 0.25) is 0 Å². The number of amides is 1. The minimum atomic E-state index is -0.112. The molecular weight excluding hydrogens is 316 g/mol. The van der Waals surface area contributed by atoms with E-state index in [0.717, 1.165) is 18.6 Å². The molecule has 5 nitrogen and oxygen atoms in total. The Hall–Kier alpha value is -2.69. The van der Waals surface area contributed by atoms with Crippen molar-refractivity contribution in [3.05, 3.63) is 54.1 Å². The summed E-state index contributed by atoms with van der Waals surface area (Å²) in [6, 6.07) is 15.6. The lowest BCUT2D eigenvalue weighted by atomic mass is 10.1. The Bertz CT molecular complexity index is 652. The topological polar surface area (TPSA) is 50.8 Å². The van der Waals surface area contributed by atoms with Gasteiger partial charge in [0.1, 0.15) is 11.5 Å². The molecule has 2 aromatic carbocycles. The van der Waals surface area contributed by atoms with Gasteiger partial charge in [0.15, 0.2) is 6.61 Å². The minimum Gasteiger partial charge on any atom is -0.497 e. The molecule has 0 radical (unpaired) electrons. The van der Waals surface area contributed by atoms with Crippen molar-refractivity contribution in [3.8, 4) is 11.5 Å². The lowest BCUT2D eigenvalue weighted by Crippen LogP contribution is -2.29. The van der Waals surface area contributed by atoms with Crippen molar-refractivity contribution >= 4 is 11.6 Å². The van der Waals surface area contributed by atoms with Crippen LogP contribution in [-0.2, 0) is 11.2 Å². The molecule has 0 aromatic heterocycles. The largest absolute Gasteiger partial charge is 0.497 e. The molecule has 0 aliphatic carbocycles. The summed E-state index contributed by atoms with van der Waals surface area (Å²) in [5.74, 6) is 1.30. The molecule has 5 heteroatoms. The monoisotopic (exact) mass is 342 g/mol. The van der Waals surface area contributed by atoms with Crippen LogP contribution in [0.3, 0.4) is 0 Å². The van der Waals surface area contributed by atoms with E-state index < -0.39 is 0 Å². The van der Waals surface area contributed by atoms with Crippen molar-refractivity contribution < 1.29 is 14.3 Å². The normalized spacial score (nSPS) is 10.2. The third-order valence-corrected chi connectivity index (χ3v) is 3.85. The Morgan fingerprint density at radius 3 is 2.24 bits per heavy atom. The highest BCUT2D eigenvalue weighted by molar-refractivity contribution is 5.77. The number of carbonyl (C=O) groups excluding carboxylic acids is 1. The van der Waals surface area contributed by atoms with Crippen molar-refractivity contribution in [2.75, 3.05) is 39.3 Å². The van der Waals surface area contributed by atoms with Crippen molar-refractivity contribution in [2.24, 2.45) is 0 Å². The number of benzene rings is 2. The SMILES string of the molecule is COc1ccc(OCC(=O)NCCCc2ccc(N(C)C)cc2)cc1. The summed E-state index contributed by atoms with van der Waals surface area (Å²) in [7, 11) is 5.66. The standard InChI is InChI=1S/C20H26N2O3/c1-22(2)17-8-6-16(7-9-17)5-4-14-21-20(23)15-25-19-12-10-18(24-3)11-13-19/h6-13H,4-5,14-15H2,1-3H3,(H,21,23). The van der Waals surface area contributed by atoms with E-state index in [1.165, 1.54) is 11.3 Å². The highest BCUT2D eigenvalue weighted by atomic mass is 16.5. The number of nitrogens with zero attached hydrogens (tertiary/aromatic N) is 1. The third kappa shape index (κ3) is 6.37. The predicted molar refractivity (Wildman–Crippen MR) is 101 cm³/mol. The number of methoxy groups -OCH3 is 1. The summed E-state index contributed by atoms with van der Waals surface area (Å²) in [5.41, 5.74) is 2.46. The van der Waals surface area contributed by atoms with Crippen LogP contribution >= 0.6 is 0 Å². The van der Waals surface area contributed by atoms with Crippen LogP contribution in [0.2, 0.25) is 0 Å². The Balaban J connectivity index is 1.63. The molecule has 0 bridgehead atoms. The van der Waals surface area contributed by atoms with E-state index in [1.807, 2.05) is 14.1 Å². The van der Waals surface area contributed by atoms with Crippen LogP contribution in [0.25, 0.3) is 0 Å². The molecule has 0 unspecified atom stereocenters. The van der Waals surface area contributed by atoms with Crippen molar-refractivity contribution in [1.82, 2.24) is 5.32 Å². The molecule has 0 heterocycles. The average molecular weight is 342 g/mol. The van der Waals surface area contributed by atoms with Crippen LogP contribution in [0.15, 0.2) is 48.5 Å². The molecule has 0 fully saturated rings. The van der Waals surface area contributed by atoms with Crippen LogP contribution in [0.1, 0.15) is 12.0 Å². The smallest absolute Gasteiger partial charge is 0.257 e. The highest BCUT2D eigenvalue weighted by Crippen LogP contribution is 2.16. The first-order valence-corrected chi connectivity index (χ1v) is 8.38. The van der Waals surface area contributed by atoms with E-state index in [-0.39, 0.29) is 12.5 Å². The molecule has 0 saturated heterocycles. The van der Waals surface area contributed by atoms with Crippen LogP contribution in [-0.4, -0.2) is 40.3 Å². The van der Waals surface area contributed by atoms with Gasteiger partial charge in [0.25, 0.3) is 5.91 Å². The van der Waals surface area contributed by atoms with Gasteiger partial charge >= 0.3 is 0 Å². The number of hydrogen-bond acceptors (Lipinski definition) is 4. The van der Waals surface area contributed by atoms with E-state index in [0.29, 0.717) is 12.3 Å². The maximum Gasteiger partial charge on any atom is 0.257 e. The molecule has 0 aliphatic heterocycles. The van der Waals surface area contributed by atoms with Crippen LogP contribution in [0, 0.1) is 0 Å². The van der Waals surface area contributed by atoms with E-state index >= 15 is 0 Å². The van der Waals surface area contributed by atoms with Gasteiger partial charge in [-0.05, 0) is 54.8 Å². The van der Waals surface area contributed by atoms with Crippen molar-refractivity contribution in [1.29, 1.82) is 0 Å². The minimum absolute atomic E-state index is 0.0177. The highest BCUT2D eigenvalue weighted by Gasteiger charge is 2.03. The fraction of sp³-hybridized carbons (Fsp3) is 0.350. The first-order valence-electron chi connectivity index (χ1n) is 8.38. The van der Waals surface area contributed by atoms with Crippen molar-refractivity contribution in [3.63, 3.8) is 0 Å². The number of ether oxygens (including phenoxy) is 2. The first kappa shape index (κ1) is 18.6. The molecule has 0 aliphatic rings. The van der Waals surface area contributed by atoms with Gasteiger partial charge in [0.05, 0.1) is 7.11 Å². The quantitative estimate of drug-likeness (QED) is 0.712. The molecule has 134 valence electrons. The lowest BCUT2D eigenvalue weighted by molar-refractivity contribution is -0.123. The number of aryl methyl sites for hydroxylation is 1. The molecule has 2 rings (SSSR count). The maximum absolute atomic E-state index is 11.8. The summed E-state index contributed by atoms with van der Waals surface area (Å²) >= 11 is 0. The summed E-state index contributed by atoms with van der Waals surface area (Å²) in [4.78, 5) is 13.9. The number of anilines is 1. The second-order valence-electron chi connectivity index (χ2n) is 5.98. The molecule has 2 aromatic rings. The molecule has 1 N–H and O–H groups in total. The van der Waals surface area contributed by atoms with Gasteiger partial charge in [-0.25, -0.2) is 0 Å². The van der Waals surface area contributed by atoms with Crippen LogP contribution in [0.4, 0.5) is 5.69 Å². The zero-order chi connectivity index (χ0) is 18.1. The average Bonchev–Trinajstić information content (AvgIpc) is 2.64. The number of nitrogens with one attached hydrogen (secondary N) is 1. The second kappa shape index (κ2) is 9.57. The molecule has 25 heavy (non-hydrogen) atoms. The number of rotatable bonds is 9. The molecule has 1 amide bonds.